The number of hydrogen-bond donors (Lipinski definition) is 3. The molecule has 0 saturated heterocycles. The summed E-state index contributed by atoms with van der Waals surface area (Å²) in [6.07, 6.45) is -0.247. The van der Waals surface area contributed by atoms with Gasteiger partial charge in [-0.1, -0.05) is 11.6 Å². The summed E-state index contributed by atoms with van der Waals surface area (Å²) >= 11 is 5.68. The first-order valence-electron chi connectivity index (χ1n) is 4.60. The van der Waals surface area contributed by atoms with Gasteiger partial charge in [-0.2, -0.15) is 0 Å². The van der Waals surface area contributed by atoms with Crippen molar-refractivity contribution < 1.29 is 24.1 Å². The lowest BCUT2D eigenvalue weighted by Gasteiger charge is -2.14. The number of rotatable bonds is 4. The van der Waals surface area contributed by atoms with Gasteiger partial charge < -0.3 is 20.7 Å². The molecule has 5 nitrogen and oxygen atoms in total. The lowest BCUT2D eigenvalue weighted by Crippen LogP contribution is -2.32. The number of phenolic OH excluding ortho intramolecular Hbond substituents is 1. The van der Waals surface area contributed by atoms with Crippen LogP contribution in [0.5, 0.6) is 11.5 Å². The van der Waals surface area contributed by atoms with Crippen LogP contribution < -0.4 is 10.5 Å². The third-order valence-electron chi connectivity index (χ3n) is 2.19. The fourth-order valence-electron chi connectivity index (χ4n) is 1.36. The molecular weight excluding hydrogens is 253 g/mol. The van der Waals surface area contributed by atoms with Crippen molar-refractivity contribution in [3.05, 3.63) is 22.5 Å². The number of carboxylic acid groups (broad SMARTS) is 1. The molecule has 1 unspecified atom stereocenters. The van der Waals surface area contributed by atoms with Crippen molar-refractivity contribution in [2.24, 2.45) is 5.73 Å². The van der Waals surface area contributed by atoms with Crippen molar-refractivity contribution in [3.8, 4) is 11.5 Å². The highest BCUT2D eigenvalue weighted by Gasteiger charge is 2.22. The van der Waals surface area contributed by atoms with E-state index in [1.165, 1.54) is 7.11 Å². The second-order valence-corrected chi connectivity index (χ2v) is 3.73. The Hall–Kier alpha value is -1.53. The van der Waals surface area contributed by atoms with Gasteiger partial charge in [0.25, 0.3) is 0 Å². The van der Waals surface area contributed by atoms with Gasteiger partial charge in [-0.15, -0.1) is 0 Å². The second kappa shape index (κ2) is 5.20. The van der Waals surface area contributed by atoms with Gasteiger partial charge in [0.05, 0.1) is 12.1 Å². The van der Waals surface area contributed by atoms with Crippen LogP contribution in [0.4, 0.5) is 4.39 Å². The van der Waals surface area contributed by atoms with E-state index in [9.17, 15) is 14.3 Å². The summed E-state index contributed by atoms with van der Waals surface area (Å²) in [4.78, 5) is 10.6. The van der Waals surface area contributed by atoms with Gasteiger partial charge >= 0.3 is 5.97 Å². The summed E-state index contributed by atoms with van der Waals surface area (Å²) in [7, 11) is 1.25. The Labute approximate surface area is 102 Å². The number of halogens is 2. The van der Waals surface area contributed by atoms with Crippen LogP contribution in [0.3, 0.4) is 0 Å². The molecule has 0 fully saturated rings. The fourth-order valence-corrected chi connectivity index (χ4v) is 1.58. The highest BCUT2D eigenvalue weighted by Crippen LogP contribution is 2.37. The minimum Gasteiger partial charge on any atom is -0.504 e. The van der Waals surface area contributed by atoms with Gasteiger partial charge in [0.1, 0.15) is 11.9 Å². The molecule has 0 radical (unpaired) electrons. The number of benzene rings is 1. The molecule has 0 spiro atoms. The maximum absolute atomic E-state index is 13.3. The van der Waals surface area contributed by atoms with Crippen LogP contribution in [0.15, 0.2) is 6.07 Å². The minimum absolute atomic E-state index is 0.0292. The van der Waals surface area contributed by atoms with Crippen LogP contribution in [0.25, 0.3) is 0 Å². The monoisotopic (exact) mass is 263 g/mol. The van der Waals surface area contributed by atoms with Crippen LogP contribution in [0.1, 0.15) is 5.56 Å². The standard InChI is InChI=1S/C10H11ClFNO4/c1-17-9-4(2-6(13)10(15)16)8(11)5(12)3-7(9)14/h3,6,14H,2,13H2,1H3,(H,15,16). The van der Waals surface area contributed by atoms with E-state index in [2.05, 4.69) is 0 Å². The van der Waals surface area contributed by atoms with Gasteiger partial charge in [0, 0.05) is 18.1 Å². The SMILES string of the molecule is COc1c(O)cc(F)c(Cl)c1CC(N)C(=O)O. The predicted molar refractivity (Wildman–Crippen MR) is 58.9 cm³/mol. The molecule has 0 aliphatic carbocycles. The molecule has 7 heteroatoms. The third kappa shape index (κ3) is 2.78. The Balaban J connectivity index is 3.25. The van der Waals surface area contributed by atoms with Crippen LogP contribution >= 0.6 is 11.6 Å². The zero-order valence-corrected chi connectivity index (χ0v) is 9.66. The van der Waals surface area contributed by atoms with Crippen LogP contribution in [0.2, 0.25) is 5.02 Å². The molecule has 0 aliphatic rings. The molecule has 0 saturated carbocycles. The number of ether oxygens (including phenoxy) is 1. The summed E-state index contributed by atoms with van der Waals surface area (Å²) < 4.78 is 18.1. The topological polar surface area (TPSA) is 92.8 Å². The molecule has 0 aromatic heterocycles. The van der Waals surface area contributed by atoms with Gasteiger partial charge in [-0.05, 0) is 0 Å². The molecule has 1 aromatic rings. The first kappa shape index (κ1) is 13.5. The summed E-state index contributed by atoms with van der Waals surface area (Å²) in [5, 5.41) is 17.8. The normalized spacial score (nSPS) is 12.2. The van der Waals surface area contributed by atoms with Crippen molar-refractivity contribution in [2.45, 2.75) is 12.5 Å². The minimum atomic E-state index is -1.26. The molecule has 0 bridgehead atoms. The van der Waals surface area contributed by atoms with Crippen molar-refractivity contribution >= 4 is 17.6 Å². The molecule has 1 rings (SSSR count). The Morgan fingerprint density at radius 1 is 1.71 bits per heavy atom. The molecule has 0 aliphatic heterocycles. The second-order valence-electron chi connectivity index (χ2n) is 3.35. The summed E-state index contributed by atoms with van der Waals surface area (Å²) in [5.41, 5.74) is 5.35. The van der Waals surface area contributed by atoms with Crippen LogP contribution in [-0.4, -0.2) is 29.3 Å². The highest BCUT2D eigenvalue weighted by atomic mass is 35.5. The fraction of sp³-hybridized carbons (Fsp3) is 0.300. The zero-order valence-electron chi connectivity index (χ0n) is 8.91. The molecule has 1 aromatic carbocycles. The van der Waals surface area contributed by atoms with E-state index in [4.69, 9.17) is 27.2 Å². The number of hydrogen-bond acceptors (Lipinski definition) is 4. The highest BCUT2D eigenvalue weighted by molar-refractivity contribution is 6.31. The van der Waals surface area contributed by atoms with E-state index < -0.39 is 23.6 Å². The van der Waals surface area contributed by atoms with E-state index in [0.29, 0.717) is 0 Å². The zero-order chi connectivity index (χ0) is 13.2. The number of carbonyl (C=O) groups is 1. The number of aromatic hydroxyl groups is 1. The quantitative estimate of drug-likeness (QED) is 0.758. The predicted octanol–water partition coefficient (Wildman–Crippen LogP) is 1.15. The molecule has 0 heterocycles. The summed E-state index contributed by atoms with van der Waals surface area (Å²) in [6, 6.07) is -0.473. The Morgan fingerprint density at radius 2 is 2.29 bits per heavy atom. The van der Waals surface area contributed by atoms with Gasteiger partial charge in [-0.3, -0.25) is 4.79 Å². The third-order valence-corrected chi connectivity index (χ3v) is 2.60. The van der Waals surface area contributed by atoms with E-state index in [1.807, 2.05) is 0 Å². The van der Waals surface area contributed by atoms with Crippen molar-refractivity contribution in [1.82, 2.24) is 0 Å². The number of phenols is 1. The maximum Gasteiger partial charge on any atom is 0.320 e. The first-order valence-corrected chi connectivity index (χ1v) is 4.98. The molecular formula is C10H11ClFNO4. The van der Waals surface area contributed by atoms with Crippen molar-refractivity contribution in [2.75, 3.05) is 7.11 Å². The molecule has 0 amide bonds. The van der Waals surface area contributed by atoms with Crippen molar-refractivity contribution in [1.29, 1.82) is 0 Å². The average Bonchev–Trinajstić information content (AvgIpc) is 2.25. The van der Waals surface area contributed by atoms with E-state index in [0.717, 1.165) is 6.07 Å². The number of carboxylic acids is 1. The Bertz CT molecular complexity index is 452. The molecule has 17 heavy (non-hydrogen) atoms. The number of nitrogens with two attached hydrogens (primary N) is 1. The van der Waals surface area contributed by atoms with Crippen molar-refractivity contribution in [3.63, 3.8) is 0 Å². The molecule has 94 valence electrons. The van der Waals surface area contributed by atoms with Gasteiger partial charge in [0.2, 0.25) is 0 Å². The van der Waals surface area contributed by atoms with Gasteiger partial charge in [-0.25, -0.2) is 4.39 Å². The first-order chi connectivity index (χ1) is 7.88. The largest absolute Gasteiger partial charge is 0.504 e. The molecule has 4 N–H and O–H groups in total. The lowest BCUT2D eigenvalue weighted by molar-refractivity contribution is -0.138. The number of methoxy groups -OCH3 is 1. The van der Waals surface area contributed by atoms with Gasteiger partial charge in [0.15, 0.2) is 11.5 Å². The Kier molecular flexibility index (Phi) is 4.14. The molecule has 1 atom stereocenters. The smallest absolute Gasteiger partial charge is 0.320 e. The summed E-state index contributed by atoms with van der Waals surface area (Å²) in [6.45, 7) is 0. The lowest BCUT2D eigenvalue weighted by atomic mass is 10.0. The van der Waals surface area contributed by atoms with E-state index in [-0.39, 0.29) is 22.8 Å². The van der Waals surface area contributed by atoms with Crippen LogP contribution in [-0.2, 0) is 11.2 Å². The summed E-state index contributed by atoms with van der Waals surface area (Å²) in [5.74, 6) is -2.65. The van der Waals surface area contributed by atoms with E-state index in [1.54, 1.807) is 0 Å². The maximum atomic E-state index is 13.3. The van der Waals surface area contributed by atoms with Crippen LogP contribution in [0, 0.1) is 5.82 Å². The average molecular weight is 264 g/mol. The van der Waals surface area contributed by atoms with E-state index >= 15 is 0 Å². The Morgan fingerprint density at radius 3 is 2.76 bits per heavy atom. The number of aliphatic carboxylic acids is 1.